The molecule has 1 fully saturated rings. The van der Waals surface area contributed by atoms with Crippen molar-refractivity contribution in [2.75, 3.05) is 16.4 Å². The Bertz CT molecular complexity index is 2200. The van der Waals surface area contributed by atoms with Crippen LogP contribution in [-0.4, -0.2) is 45.7 Å². The van der Waals surface area contributed by atoms with Crippen LogP contribution in [0.4, 0.5) is 17.1 Å². The van der Waals surface area contributed by atoms with Crippen LogP contribution in [-0.2, 0) is 33.6 Å². The topological polar surface area (TPSA) is 257 Å². The summed E-state index contributed by atoms with van der Waals surface area (Å²) >= 11 is 0. The molecule has 4 amide bonds. The number of carbonyl (C=O) groups excluding carboxylic acids is 5. The zero-order valence-electron chi connectivity index (χ0n) is 29.8. The van der Waals surface area contributed by atoms with Crippen molar-refractivity contribution in [3.05, 3.63) is 89.5 Å². The number of nitrogens with one attached hydrogen (secondary N) is 2. The summed E-state index contributed by atoms with van der Waals surface area (Å²) in [5, 5.41) is 39.1. The highest BCUT2D eigenvalue weighted by Crippen LogP contribution is 2.14. The van der Waals surface area contributed by atoms with Crippen molar-refractivity contribution in [3.8, 4) is 53.7 Å². The summed E-state index contributed by atoms with van der Waals surface area (Å²) in [5.74, 6) is 11.5. The summed E-state index contributed by atoms with van der Waals surface area (Å²) in [6, 6.07) is 25.6. The molecule has 1 saturated heterocycles. The van der Waals surface area contributed by atoms with Crippen molar-refractivity contribution in [3.63, 3.8) is 0 Å². The Hall–Kier alpha value is -8.37. The van der Waals surface area contributed by atoms with Gasteiger partial charge in [-0.15, -0.1) is 5.06 Å². The Morgan fingerprint density at radius 3 is 1.37 bits per heavy atom. The van der Waals surface area contributed by atoms with Crippen molar-refractivity contribution in [2.45, 2.75) is 58.8 Å². The number of nitrogens with zero attached hydrogens (tertiary/aromatic N) is 4. The van der Waals surface area contributed by atoms with Crippen LogP contribution in [0.1, 0.15) is 75.5 Å². The van der Waals surface area contributed by atoms with Crippen molar-refractivity contribution < 1.29 is 38.7 Å². The number of nitriles is 3. The van der Waals surface area contributed by atoms with Crippen molar-refractivity contribution in [1.82, 2.24) is 5.06 Å². The smallest absolute Gasteiger partial charge is 0.333 e. The maximum Gasteiger partial charge on any atom is 0.333 e. The average Bonchev–Trinajstić information content (AvgIpc) is 3.49. The van der Waals surface area contributed by atoms with E-state index in [-0.39, 0.29) is 64.2 Å². The molecule has 0 spiro atoms. The minimum atomic E-state index is -0.909. The molecule has 3 aromatic carbocycles. The Morgan fingerprint density at radius 1 is 0.632 bits per heavy atom. The molecule has 288 valence electrons. The monoisotopic (exact) mass is 767 g/mol. The number of carboxylic acid groups (broad SMARTS) is 1. The lowest BCUT2D eigenvalue weighted by atomic mass is 10.2. The maximum absolute atomic E-state index is 11.8. The van der Waals surface area contributed by atoms with Gasteiger partial charge in [-0.2, -0.15) is 15.8 Å². The van der Waals surface area contributed by atoms with Gasteiger partial charge in [0.15, 0.2) is 18.2 Å². The first-order valence-electron chi connectivity index (χ1n) is 16.6. The number of aliphatic carboxylic acids is 1. The lowest BCUT2D eigenvalue weighted by molar-refractivity contribution is -0.197. The number of amides is 4. The summed E-state index contributed by atoms with van der Waals surface area (Å²) in [7, 11) is 0. The molecule has 15 nitrogen and oxygen atoms in total. The zero-order valence-corrected chi connectivity index (χ0v) is 29.8. The van der Waals surface area contributed by atoms with Crippen LogP contribution in [0, 0.1) is 69.5 Å². The standard InChI is InChI=1S/C18H15N3O5.C14H12N2O3.C9H6N2.CH4/c19-12-2-3-13-6-8-14(9-7-13)20-15(22)4-1-5-18(25)26-21-16(23)10-11-17(21)24;15-10-2-3-11-6-8-12(9-7-11)16-13(17)4-1-5-14(18)19;10-7-1-2-8-3-5-9(11)6-4-8;/h6-9H,1,4-5,10-11H2,(H,20,22);6-9H,1,4-5H2,(H,16,17)(H,18,19);3-6H,11H2;1H4. The lowest BCUT2D eigenvalue weighted by Crippen LogP contribution is -2.32. The molecule has 5 N–H and O–H groups in total. The molecule has 1 heterocycles. The van der Waals surface area contributed by atoms with Gasteiger partial charge in [-0.3, -0.25) is 24.0 Å². The van der Waals surface area contributed by atoms with Crippen LogP contribution in [0.5, 0.6) is 0 Å². The quantitative estimate of drug-likeness (QED) is 0.116. The number of hydrogen-bond donors (Lipinski definition) is 4. The SMILES string of the molecule is C.N#CC#Cc1ccc(N)cc1.N#CC#Cc1ccc(NC(=O)CCCC(=O)O)cc1.N#CC#Cc1ccc(NC(=O)CCCC(=O)ON2C(=O)CCC2=O)cc1. The van der Waals surface area contributed by atoms with E-state index >= 15 is 0 Å². The fourth-order valence-corrected chi connectivity index (χ4v) is 4.19. The van der Waals surface area contributed by atoms with Gasteiger partial charge in [-0.25, -0.2) is 4.79 Å². The van der Waals surface area contributed by atoms with E-state index in [2.05, 4.69) is 46.2 Å². The van der Waals surface area contributed by atoms with Crippen LogP contribution in [0.25, 0.3) is 0 Å². The fourth-order valence-electron chi connectivity index (χ4n) is 4.19. The van der Waals surface area contributed by atoms with E-state index in [4.69, 9.17) is 31.5 Å². The van der Waals surface area contributed by atoms with Crippen molar-refractivity contribution in [2.24, 2.45) is 0 Å². The van der Waals surface area contributed by atoms with E-state index in [0.29, 0.717) is 39.7 Å². The molecule has 4 rings (SSSR count). The Labute approximate surface area is 330 Å². The molecule has 1 aliphatic rings. The number of hydroxylamine groups is 2. The van der Waals surface area contributed by atoms with E-state index in [9.17, 15) is 28.8 Å². The van der Waals surface area contributed by atoms with Gasteiger partial charge in [-0.1, -0.05) is 25.2 Å². The second-order valence-electron chi connectivity index (χ2n) is 11.1. The number of rotatable bonds is 11. The number of benzene rings is 3. The van der Waals surface area contributed by atoms with Crippen molar-refractivity contribution in [1.29, 1.82) is 15.8 Å². The minimum absolute atomic E-state index is 0. The van der Waals surface area contributed by atoms with Crippen LogP contribution in [0.15, 0.2) is 72.8 Å². The summed E-state index contributed by atoms with van der Waals surface area (Å²) in [6.07, 6.45) is 0.739. The predicted molar refractivity (Wildman–Crippen MR) is 208 cm³/mol. The number of anilines is 3. The highest BCUT2D eigenvalue weighted by Gasteiger charge is 2.32. The van der Waals surface area contributed by atoms with E-state index in [1.807, 2.05) is 0 Å². The van der Waals surface area contributed by atoms with E-state index < -0.39 is 23.8 Å². The molecule has 0 atom stereocenters. The number of imide groups is 1. The fraction of sp³-hybridized carbons (Fsp3) is 0.214. The first-order valence-corrected chi connectivity index (χ1v) is 16.6. The number of carboxylic acids is 1. The normalized spacial score (nSPS) is 10.2. The molecular weight excluding hydrogens is 731 g/mol. The van der Waals surface area contributed by atoms with E-state index in [0.717, 1.165) is 5.56 Å². The van der Waals surface area contributed by atoms with E-state index in [1.165, 1.54) is 0 Å². The second kappa shape index (κ2) is 26.4. The molecule has 15 heteroatoms. The van der Waals surface area contributed by atoms with Gasteiger partial charge < -0.3 is 26.3 Å². The van der Waals surface area contributed by atoms with Gasteiger partial charge in [-0.05, 0) is 85.6 Å². The van der Waals surface area contributed by atoms with Gasteiger partial charge in [0.25, 0.3) is 11.8 Å². The number of hydrogen-bond acceptors (Lipinski definition) is 11. The highest BCUT2D eigenvalue weighted by molar-refractivity contribution is 6.01. The van der Waals surface area contributed by atoms with Gasteiger partial charge >= 0.3 is 11.9 Å². The molecule has 57 heavy (non-hydrogen) atoms. The Morgan fingerprint density at radius 2 is 1.00 bits per heavy atom. The summed E-state index contributed by atoms with van der Waals surface area (Å²) in [5.41, 5.74) is 9.46. The summed E-state index contributed by atoms with van der Waals surface area (Å²) in [6.45, 7) is 0. The number of nitrogen functional groups attached to an aromatic ring is 1. The van der Waals surface area contributed by atoms with E-state index in [1.54, 1.807) is 91.0 Å². The Balaban J connectivity index is 0.000000459. The number of carbonyl (C=O) groups is 6. The minimum Gasteiger partial charge on any atom is -0.481 e. The maximum atomic E-state index is 11.8. The van der Waals surface area contributed by atoms with Crippen molar-refractivity contribution >= 4 is 52.6 Å². The zero-order chi connectivity index (χ0) is 41.1. The molecule has 0 unspecified atom stereocenters. The molecule has 0 aliphatic carbocycles. The van der Waals surface area contributed by atoms with Gasteiger partial charge in [0.05, 0.1) is 0 Å². The third kappa shape index (κ3) is 19.9. The summed E-state index contributed by atoms with van der Waals surface area (Å²) < 4.78 is 0. The van der Waals surface area contributed by atoms with Gasteiger partial charge in [0, 0.05) is 90.0 Å². The number of nitrogens with two attached hydrogens (primary N) is 1. The van der Waals surface area contributed by atoms with Crippen LogP contribution >= 0.6 is 0 Å². The molecule has 3 aromatic rings. The van der Waals surface area contributed by atoms with Crippen LogP contribution in [0.3, 0.4) is 0 Å². The van der Waals surface area contributed by atoms with Crippen LogP contribution < -0.4 is 16.4 Å². The third-order valence-corrected chi connectivity index (χ3v) is 6.81. The molecule has 0 bridgehead atoms. The molecule has 0 saturated carbocycles. The molecule has 1 aliphatic heterocycles. The first-order chi connectivity index (χ1) is 26.9. The lowest BCUT2D eigenvalue weighted by Gasteiger charge is -2.12. The molecule has 0 aromatic heterocycles. The van der Waals surface area contributed by atoms with Crippen LogP contribution in [0.2, 0.25) is 0 Å². The largest absolute Gasteiger partial charge is 0.481 e. The Kier molecular flexibility index (Phi) is 21.6. The second-order valence-corrected chi connectivity index (χ2v) is 11.1. The molecule has 0 radical (unpaired) electrons. The third-order valence-electron chi connectivity index (χ3n) is 6.81. The molecular formula is C42H37N7O8. The van der Waals surface area contributed by atoms with Gasteiger partial charge in [0.2, 0.25) is 11.8 Å². The summed E-state index contributed by atoms with van der Waals surface area (Å²) in [4.78, 5) is 72.6. The predicted octanol–water partition coefficient (Wildman–Crippen LogP) is 4.81. The van der Waals surface area contributed by atoms with Gasteiger partial charge in [0.1, 0.15) is 0 Å². The average molecular weight is 768 g/mol. The highest BCUT2D eigenvalue weighted by atomic mass is 16.7. The first kappa shape index (κ1) is 46.7.